The summed E-state index contributed by atoms with van der Waals surface area (Å²) < 4.78 is 0. The van der Waals surface area contributed by atoms with Gasteiger partial charge in [0.2, 0.25) is 0 Å². The molecule has 0 saturated heterocycles. The third-order valence-corrected chi connectivity index (χ3v) is 2.09. The lowest BCUT2D eigenvalue weighted by Gasteiger charge is -1.98. The SMILES string of the molecule is O=C(O)c1cc(O)ccc1O.Oc1ccccc1O. The van der Waals surface area contributed by atoms with Crippen molar-refractivity contribution in [1.29, 1.82) is 0 Å². The maximum Gasteiger partial charge on any atom is 0.339 e. The molecule has 0 aliphatic rings. The fourth-order valence-corrected chi connectivity index (χ4v) is 1.16. The summed E-state index contributed by atoms with van der Waals surface area (Å²) in [5.74, 6) is -1.95. The molecule has 0 atom stereocenters. The van der Waals surface area contributed by atoms with Crippen molar-refractivity contribution in [3.05, 3.63) is 48.0 Å². The average molecular weight is 264 g/mol. The lowest BCUT2D eigenvalue weighted by molar-refractivity contribution is 0.0693. The molecule has 0 bridgehead atoms. The largest absolute Gasteiger partial charge is 0.508 e. The zero-order valence-electron chi connectivity index (χ0n) is 9.69. The van der Waals surface area contributed by atoms with Crippen molar-refractivity contribution in [2.24, 2.45) is 0 Å². The summed E-state index contributed by atoms with van der Waals surface area (Å²) in [6, 6.07) is 9.47. The van der Waals surface area contributed by atoms with Crippen LogP contribution in [0.15, 0.2) is 42.5 Å². The predicted octanol–water partition coefficient (Wildman–Crippen LogP) is 1.89. The molecule has 2 aromatic carbocycles. The fraction of sp³-hybridized carbons (Fsp3) is 0. The maximum atomic E-state index is 10.3. The summed E-state index contributed by atoms with van der Waals surface area (Å²) in [6.45, 7) is 0. The van der Waals surface area contributed by atoms with E-state index in [1.807, 2.05) is 0 Å². The number of aromatic hydroxyl groups is 4. The van der Waals surface area contributed by atoms with Gasteiger partial charge in [0.15, 0.2) is 11.5 Å². The standard InChI is InChI=1S/C7H6O4.C6H6O2/c8-4-1-2-6(9)5(3-4)7(10)11;7-5-3-1-2-4-6(5)8/h1-3,8-9H,(H,10,11);1-4,7-8H. The van der Waals surface area contributed by atoms with Crippen LogP contribution in [0.3, 0.4) is 0 Å². The van der Waals surface area contributed by atoms with Gasteiger partial charge < -0.3 is 25.5 Å². The van der Waals surface area contributed by atoms with Gasteiger partial charge in [0, 0.05) is 0 Å². The van der Waals surface area contributed by atoms with Crippen LogP contribution in [0.2, 0.25) is 0 Å². The van der Waals surface area contributed by atoms with Crippen molar-refractivity contribution in [3.63, 3.8) is 0 Å². The van der Waals surface area contributed by atoms with Crippen LogP contribution in [0.1, 0.15) is 10.4 Å². The highest BCUT2D eigenvalue weighted by molar-refractivity contribution is 5.91. The van der Waals surface area contributed by atoms with Gasteiger partial charge in [-0.1, -0.05) is 12.1 Å². The summed E-state index contributed by atoms with van der Waals surface area (Å²) in [5, 5.41) is 43.5. The first-order chi connectivity index (χ1) is 8.91. The van der Waals surface area contributed by atoms with E-state index in [4.69, 9.17) is 25.5 Å². The second-order valence-corrected chi connectivity index (χ2v) is 3.50. The van der Waals surface area contributed by atoms with Crippen LogP contribution in [0.5, 0.6) is 23.0 Å². The molecule has 0 saturated carbocycles. The first-order valence-corrected chi connectivity index (χ1v) is 5.14. The number of para-hydroxylation sites is 2. The Morgan fingerprint density at radius 3 is 1.68 bits per heavy atom. The first-order valence-electron chi connectivity index (χ1n) is 5.14. The highest BCUT2D eigenvalue weighted by atomic mass is 16.4. The molecule has 0 aromatic heterocycles. The van der Waals surface area contributed by atoms with Gasteiger partial charge in [0.05, 0.1) is 0 Å². The molecule has 6 nitrogen and oxygen atoms in total. The van der Waals surface area contributed by atoms with Gasteiger partial charge in [-0.15, -0.1) is 0 Å². The molecule has 0 aliphatic carbocycles. The third-order valence-electron chi connectivity index (χ3n) is 2.09. The van der Waals surface area contributed by atoms with Gasteiger partial charge in [-0.25, -0.2) is 4.79 Å². The fourth-order valence-electron chi connectivity index (χ4n) is 1.16. The normalized spacial score (nSPS) is 9.26. The van der Waals surface area contributed by atoms with Crippen LogP contribution >= 0.6 is 0 Å². The highest BCUT2D eigenvalue weighted by Crippen LogP contribution is 2.22. The number of carboxylic acids is 1. The molecule has 0 amide bonds. The van der Waals surface area contributed by atoms with Crippen LogP contribution in [0.25, 0.3) is 0 Å². The molecular weight excluding hydrogens is 252 g/mol. The molecule has 6 heteroatoms. The summed E-state index contributed by atoms with van der Waals surface area (Å²) in [7, 11) is 0. The summed E-state index contributed by atoms with van der Waals surface area (Å²) in [6.07, 6.45) is 0. The minimum Gasteiger partial charge on any atom is -0.508 e. The molecule has 0 aliphatic heterocycles. The number of benzene rings is 2. The molecule has 19 heavy (non-hydrogen) atoms. The Balaban J connectivity index is 0.000000200. The van der Waals surface area contributed by atoms with Crippen molar-refractivity contribution in [3.8, 4) is 23.0 Å². The van der Waals surface area contributed by atoms with E-state index in [0.29, 0.717) is 0 Å². The molecule has 0 radical (unpaired) electrons. The van der Waals surface area contributed by atoms with Crippen molar-refractivity contribution in [2.45, 2.75) is 0 Å². The van der Waals surface area contributed by atoms with E-state index >= 15 is 0 Å². The van der Waals surface area contributed by atoms with Gasteiger partial charge >= 0.3 is 5.97 Å². The van der Waals surface area contributed by atoms with E-state index in [2.05, 4.69) is 0 Å². The minimum absolute atomic E-state index is 0.0764. The number of hydrogen-bond donors (Lipinski definition) is 5. The quantitative estimate of drug-likeness (QED) is 0.396. The maximum absolute atomic E-state index is 10.3. The number of carboxylic acid groups (broad SMARTS) is 1. The number of carbonyl (C=O) groups is 1. The molecule has 2 rings (SSSR count). The number of hydrogen-bond acceptors (Lipinski definition) is 5. The van der Waals surface area contributed by atoms with E-state index in [-0.39, 0.29) is 28.6 Å². The number of phenols is 4. The Morgan fingerprint density at radius 2 is 1.32 bits per heavy atom. The Kier molecular flexibility index (Phi) is 4.59. The van der Waals surface area contributed by atoms with E-state index < -0.39 is 5.97 Å². The smallest absolute Gasteiger partial charge is 0.339 e. The topological polar surface area (TPSA) is 118 Å². The Bertz CT molecular complexity index is 558. The zero-order valence-corrected chi connectivity index (χ0v) is 9.69. The van der Waals surface area contributed by atoms with E-state index in [1.165, 1.54) is 18.2 Å². The van der Waals surface area contributed by atoms with E-state index in [0.717, 1.165) is 12.1 Å². The van der Waals surface area contributed by atoms with Crippen LogP contribution in [0, 0.1) is 0 Å². The van der Waals surface area contributed by atoms with Crippen molar-refractivity contribution in [2.75, 3.05) is 0 Å². The van der Waals surface area contributed by atoms with E-state index in [1.54, 1.807) is 12.1 Å². The Labute approximate surface area is 108 Å². The molecule has 5 N–H and O–H groups in total. The molecule has 0 spiro atoms. The number of phenolic OH excluding ortho intramolecular Hbond substituents is 3. The summed E-state index contributed by atoms with van der Waals surface area (Å²) >= 11 is 0. The molecule has 0 heterocycles. The van der Waals surface area contributed by atoms with Crippen molar-refractivity contribution in [1.82, 2.24) is 0 Å². The minimum atomic E-state index is -1.27. The van der Waals surface area contributed by atoms with Gasteiger partial charge in [-0.2, -0.15) is 0 Å². The number of rotatable bonds is 1. The average Bonchev–Trinajstić information content (AvgIpc) is 2.36. The van der Waals surface area contributed by atoms with Crippen molar-refractivity contribution < 1.29 is 30.3 Å². The monoisotopic (exact) mass is 264 g/mol. The molecule has 0 fully saturated rings. The van der Waals surface area contributed by atoms with Crippen LogP contribution in [0.4, 0.5) is 0 Å². The predicted molar refractivity (Wildman–Crippen MR) is 66.5 cm³/mol. The van der Waals surface area contributed by atoms with Crippen LogP contribution in [-0.4, -0.2) is 31.5 Å². The molecule has 100 valence electrons. The van der Waals surface area contributed by atoms with Crippen molar-refractivity contribution >= 4 is 5.97 Å². The van der Waals surface area contributed by atoms with Crippen LogP contribution in [-0.2, 0) is 0 Å². The zero-order chi connectivity index (χ0) is 14.4. The van der Waals surface area contributed by atoms with E-state index in [9.17, 15) is 4.79 Å². The highest BCUT2D eigenvalue weighted by Gasteiger charge is 2.08. The van der Waals surface area contributed by atoms with Gasteiger partial charge in [-0.3, -0.25) is 0 Å². The van der Waals surface area contributed by atoms with Gasteiger partial charge in [0.25, 0.3) is 0 Å². The Hall–Kier alpha value is -2.89. The van der Waals surface area contributed by atoms with Gasteiger partial charge in [0.1, 0.15) is 17.1 Å². The summed E-state index contributed by atoms with van der Waals surface area (Å²) in [4.78, 5) is 10.3. The third kappa shape index (κ3) is 4.12. The molecule has 0 unspecified atom stereocenters. The lowest BCUT2D eigenvalue weighted by atomic mass is 10.2. The number of aromatic carboxylic acids is 1. The lowest BCUT2D eigenvalue weighted by Crippen LogP contribution is -1.95. The second-order valence-electron chi connectivity index (χ2n) is 3.50. The molecular formula is C13H12O6. The Morgan fingerprint density at radius 1 is 0.789 bits per heavy atom. The summed E-state index contributed by atoms with van der Waals surface area (Å²) in [5.41, 5.74) is -0.301. The molecule has 2 aromatic rings. The van der Waals surface area contributed by atoms with Crippen LogP contribution < -0.4 is 0 Å². The van der Waals surface area contributed by atoms with Gasteiger partial charge in [-0.05, 0) is 30.3 Å². The second kappa shape index (κ2) is 6.15. The first kappa shape index (κ1) is 14.2.